The molecule has 1 saturated heterocycles. The lowest BCUT2D eigenvalue weighted by atomic mass is 10.1. The van der Waals surface area contributed by atoms with Crippen molar-refractivity contribution in [3.05, 3.63) is 42.1 Å². The molecule has 3 N–H and O–H groups in total. The minimum absolute atomic E-state index is 0.257. The van der Waals surface area contributed by atoms with Crippen LogP contribution in [0.1, 0.15) is 24.8 Å². The Morgan fingerprint density at radius 2 is 2.08 bits per heavy atom. The maximum absolute atomic E-state index is 13.8. The number of likely N-dealkylation sites (tertiary alicyclic amines) is 1. The van der Waals surface area contributed by atoms with Gasteiger partial charge in [0.2, 0.25) is 0 Å². The van der Waals surface area contributed by atoms with Crippen molar-refractivity contribution in [2.75, 3.05) is 18.4 Å². The maximum atomic E-state index is 13.8. The lowest BCUT2D eigenvalue weighted by Crippen LogP contribution is -2.31. The monoisotopic (exact) mass is 340 g/mol. The molecule has 6 nitrogen and oxygen atoms in total. The zero-order chi connectivity index (χ0) is 17.4. The number of nitrogens with one attached hydrogen (secondary N) is 3. The fourth-order valence-corrected chi connectivity index (χ4v) is 3.22. The van der Waals surface area contributed by atoms with Gasteiger partial charge >= 0.3 is 0 Å². The molecule has 0 aliphatic carbocycles. The van der Waals surface area contributed by atoms with E-state index in [0.29, 0.717) is 16.9 Å². The summed E-state index contributed by atoms with van der Waals surface area (Å²) >= 11 is 0. The van der Waals surface area contributed by atoms with E-state index in [1.54, 1.807) is 19.2 Å². The Hall–Kier alpha value is -2.83. The molecule has 0 bridgehead atoms. The van der Waals surface area contributed by atoms with Crippen molar-refractivity contribution in [1.82, 2.24) is 25.1 Å². The Balaban J connectivity index is 1.61. The Morgan fingerprint density at radius 1 is 1.28 bits per heavy atom. The molecule has 1 aliphatic rings. The van der Waals surface area contributed by atoms with Crippen LogP contribution in [0.3, 0.4) is 0 Å². The Morgan fingerprint density at radius 3 is 2.88 bits per heavy atom. The van der Waals surface area contributed by atoms with Gasteiger partial charge in [0.15, 0.2) is 5.82 Å². The number of fused-ring (bicyclic) bond motifs is 1. The summed E-state index contributed by atoms with van der Waals surface area (Å²) in [5, 5.41) is 10.4. The fourth-order valence-electron chi connectivity index (χ4n) is 3.22. The molecular formula is C18H21FN6. The molecule has 3 heterocycles. The van der Waals surface area contributed by atoms with Crippen molar-refractivity contribution >= 4 is 16.7 Å². The zero-order valence-corrected chi connectivity index (χ0v) is 14.2. The van der Waals surface area contributed by atoms with Crippen LogP contribution in [0.2, 0.25) is 0 Å². The molecule has 1 fully saturated rings. The molecule has 25 heavy (non-hydrogen) atoms. The summed E-state index contributed by atoms with van der Waals surface area (Å²) in [5.41, 5.74) is 3.50. The SMILES string of the molecule is C=C(Nc1cn[nH]c1-c1nc2cc(F)c(C)cc2[nH]1)N1CCCCC1. The summed E-state index contributed by atoms with van der Waals surface area (Å²) in [6.07, 6.45) is 5.36. The Labute approximate surface area is 145 Å². The summed E-state index contributed by atoms with van der Waals surface area (Å²) in [5.74, 6) is 1.22. The Bertz CT molecular complexity index is 880. The average Bonchev–Trinajstić information content (AvgIpc) is 3.22. The van der Waals surface area contributed by atoms with Gasteiger partial charge in [0.05, 0.1) is 28.7 Å². The predicted molar refractivity (Wildman–Crippen MR) is 96.6 cm³/mol. The Kier molecular flexibility index (Phi) is 3.91. The summed E-state index contributed by atoms with van der Waals surface area (Å²) < 4.78 is 13.8. The van der Waals surface area contributed by atoms with Crippen molar-refractivity contribution < 1.29 is 4.39 Å². The number of imidazole rings is 1. The van der Waals surface area contributed by atoms with Crippen LogP contribution in [-0.2, 0) is 0 Å². The molecule has 0 saturated carbocycles. The molecule has 2 aromatic heterocycles. The number of anilines is 1. The van der Waals surface area contributed by atoms with Gasteiger partial charge in [-0.1, -0.05) is 6.58 Å². The number of H-pyrrole nitrogens is 2. The van der Waals surface area contributed by atoms with Crippen molar-refractivity contribution in [1.29, 1.82) is 0 Å². The van der Waals surface area contributed by atoms with E-state index in [0.717, 1.165) is 35.8 Å². The highest BCUT2D eigenvalue weighted by atomic mass is 19.1. The van der Waals surface area contributed by atoms with Crippen LogP contribution in [0.15, 0.2) is 30.7 Å². The third kappa shape index (κ3) is 2.97. The molecule has 4 rings (SSSR count). The first-order valence-electron chi connectivity index (χ1n) is 8.52. The number of hydrogen-bond acceptors (Lipinski definition) is 4. The summed E-state index contributed by atoms with van der Waals surface area (Å²) in [7, 11) is 0. The molecule has 0 atom stereocenters. The van der Waals surface area contributed by atoms with Crippen molar-refractivity contribution in [2.45, 2.75) is 26.2 Å². The zero-order valence-electron chi connectivity index (χ0n) is 14.2. The normalized spacial score (nSPS) is 14.9. The van der Waals surface area contributed by atoms with Gasteiger partial charge < -0.3 is 15.2 Å². The minimum atomic E-state index is -0.257. The van der Waals surface area contributed by atoms with E-state index in [1.165, 1.54) is 25.3 Å². The second-order valence-corrected chi connectivity index (χ2v) is 6.48. The van der Waals surface area contributed by atoms with Crippen LogP contribution in [0.25, 0.3) is 22.6 Å². The number of aromatic nitrogens is 4. The molecule has 0 unspecified atom stereocenters. The molecule has 1 aliphatic heterocycles. The van der Waals surface area contributed by atoms with E-state index in [1.807, 2.05) is 0 Å². The van der Waals surface area contributed by atoms with Gasteiger partial charge in [0.1, 0.15) is 11.5 Å². The maximum Gasteiger partial charge on any atom is 0.158 e. The molecule has 0 amide bonds. The molecule has 3 aromatic rings. The van der Waals surface area contributed by atoms with Crippen LogP contribution in [-0.4, -0.2) is 38.2 Å². The van der Waals surface area contributed by atoms with Crippen molar-refractivity contribution in [3.8, 4) is 11.5 Å². The largest absolute Gasteiger partial charge is 0.359 e. The van der Waals surface area contributed by atoms with E-state index in [9.17, 15) is 4.39 Å². The van der Waals surface area contributed by atoms with Crippen LogP contribution in [0, 0.1) is 12.7 Å². The number of benzene rings is 1. The van der Waals surface area contributed by atoms with Gasteiger partial charge in [0.25, 0.3) is 0 Å². The van der Waals surface area contributed by atoms with Crippen LogP contribution in [0.5, 0.6) is 0 Å². The number of piperidine rings is 1. The first-order valence-corrected chi connectivity index (χ1v) is 8.52. The van der Waals surface area contributed by atoms with Crippen molar-refractivity contribution in [2.24, 2.45) is 0 Å². The quantitative estimate of drug-likeness (QED) is 0.676. The summed E-state index contributed by atoms with van der Waals surface area (Å²) in [6, 6.07) is 3.21. The number of hydrogen-bond donors (Lipinski definition) is 3. The second kappa shape index (κ2) is 6.23. The van der Waals surface area contributed by atoms with Crippen LogP contribution < -0.4 is 5.32 Å². The number of aromatic amines is 2. The topological polar surface area (TPSA) is 72.6 Å². The molecule has 7 heteroatoms. The third-order valence-corrected chi connectivity index (χ3v) is 4.66. The average molecular weight is 340 g/mol. The predicted octanol–water partition coefficient (Wildman–Crippen LogP) is 3.77. The van der Waals surface area contributed by atoms with E-state index >= 15 is 0 Å². The highest BCUT2D eigenvalue weighted by Gasteiger charge is 2.17. The van der Waals surface area contributed by atoms with Gasteiger partial charge in [-0.15, -0.1) is 0 Å². The molecule has 1 aromatic carbocycles. The van der Waals surface area contributed by atoms with Crippen LogP contribution in [0.4, 0.5) is 10.1 Å². The van der Waals surface area contributed by atoms with E-state index in [2.05, 4.69) is 37.0 Å². The number of halogens is 1. The second-order valence-electron chi connectivity index (χ2n) is 6.48. The molecular weight excluding hydrogens is 319 g/mol. The molecule has 0 radical (unpaired) electrons. The number of aryl methyl sites for hydroxylation is 1. The van der Waals surface area contributed by atoms with Gasteiger partial charge in [-0.2, -0.15) is 5.10 Å². The van der Waals surface area contributed by atoms with E-state index in [-0.39, 0.29) is 5.82 Å². The van der Waals surface area contributed by atoms with Gasteiger partial charge in [-0.3, -0.25) is 5.10 Å². The lowest BCUT2D eigenvalue weighted by molar-refractivity contribution is 0.289. The summed E-state index contributed by atoms with van der Waals surface area (Å²) in [6.45, 7) is 7.92. The van der Waals surface area contributed by atoms with E-state index in [4.69, 9.17) is 0 Å². The number of nitrogens with zero attached hydrogens (tertiary/aromatic N) is 3. The van der Waals surface area contributed by atoms with Gasteiger partial charge in [-0.05, 0) is 37.8 Å². The smallest absolute Gasteiger partial charge is 0.158 e. The highest BCUT2D eigenvalue weighted by molar-refractivity contribution is 5.82. The summed E-state index contributed by atoms with van der Waals surface area (Å²) in [4.78, 5) is 9.96. The highest BCUT2D eigenvalue weighted by Crippen LogP contribution is 2.28. The first kappa shape index (κ1) is 15.7. The minimum Gasteiger partial charge on any atom is -0.359 e. The third-order valence-electron chi connectivity index (χ3n) is 4.66. The molecule has 0 spiro atoms. The van der Waals surface area contributed by atoms with Crippen LogP contribution >= 0.6 is 0 Å². The fraction of sp³-hybridized carbons (Fsp3) is 0.333. The van der Waals surface area contributed by atoms with Gasteiger partial charge in [-0.25, -0.2) is 9.37 Å². The van der Waals surface area contributed by atoms with E-state index < -0.39 is 0 Å². The molecule has 130 valence electrons. The first-order chi connectivity index (χ1) is 12.1. The lowest BCUT2D eigenvalue weighted by Gasteiger charge is -2.30. The van der Waals surface area contributed by atoms with Crippen molar-refractivity contribution in [3.63, 3.8) is 0 Å². The van der Waals surface area contributed by atoms with Gasteiger partial charge in [0, 0.05) is 19.2 Å². The standard InChI is InChI=1S/C18H21FN6/c1-11-8-14-15(9-13(11)19)23-18(22-14)17-16(10-20-24-17)21-12(2)25-6-4-3-5-7-25/h8-10,21H,2-7H2,1H3,(H,20,24)(H,22,23). The number of rotatable bonds is 4.